The van der Waals surface area contributed by atoms with Gasteiger partial charge in [0.1, 0.15) is 6.29 Å². The average Bonchev–Trinajstić information content (AvgIpc) is 2.68. The molecule has 0 N–H and O–H groups in total. The number of fused-ring (bicyclic) bond motifs is 1. The van der Waals surface area contributed by atoms with Crippen LogP contribution < -0.4 is 0 Å². The first kappa shape index (κ1) is 10.6. The fraction of sp³-hybridized carbons (Fsp3) is 0.273. The van der Waals surface area contributed by atoms with Gasteiger partial charge in [-0.25, -0.2) is 4.98 Å². The number of nitrogens with zero attached hydrogens (tertiary/aromatic N) is 1. The molecule has 0 bridgehead atoms. The first-order valence-electron chi connectivity index (χ1n) is 4.73. The highest BCUT2D eigenvalue weighted by atomic mass is 32.2. The number of thiazole rings is 1. The van der Waals surface area contributed by atoms with Crippen LogP contribution in [0.15, 0.2) is 28.6 Å². The molecule has 0 aliphatic rings. The smallest absolute Gasteiger partial charge is 0.151 e. The fourth-order valence-corrected chi connectivity index (χ4v) is 3.21. The third-order valence-corrected chi connectivity index (χ3v) is 4.44. The molecule has 0 fully saturated rings. The number of rotatable bonds is 4. The van der Waals surface area contributed by atoms with Gasteiger partial charge in [0.25, 0.3) is 0 Å². The summed E-state index contributed by atoms with van der Waals surface area (Å²) in [6.07, 6.45) is 0.986. The minimum Gasteiger partial charge on any atom is -0.303 e. The maximum atomic E-state index is 10.5. The van der Waals surface area contributed by atoms with Gasteiger partial charge in [-0.15, -0.1) is 11.3 Å². The Morgan fingerprint density at radius 1 is 1.53 bits per heavy atom. The second-order valence-electron chi connectivity index (χ2n) is 3.37. The lowest BCUT2D eigenvalue weighted by molar-refractivity contribution is -0.110. The number of aldehydes is 1. The number of hydrogen-bond donors (Lipinski definition) is 0. The van der Waals surface area contributed by atoms with Gasteiger partial charge < -0.3 is 4.79 Å². The van der Waals surface area contributed by atoms with Gasteiger partial charge >= 0.3 is 0 Å². The quantitative estimate of drug-likeness (QED) is 0.604. The molecule has 1 aromatic carbocycles. The summed E-state index contributed by atoms with van der Waals surface area (Å²) < 4.78 is 2.25. The summed E-state index contributed by atoms with van der Waals surface area (Å²) in [4.78, 5) is 15.0. The maximum absolute atomic E-state index is 10.5. The van der Waals surface area contributed by atoms with Crippen molar-refractivity contribution in [1.82, 2.24) is 4.98 Å². The van der Waals surface area contributed by atoms with E-state index in [0.29, 0.717) is 0 Å². The van der Waals surface area contributed by atoms with E-state index in [1.807, 2.05) is 25.1 Å². The molecule has 1 aromatic heterocycles. The lowest BCUT2D eigenvalue weighted by atomic mass is 10.3. The summed E-state index contributed by atoms with van der Waals surface area (Å²) in [5, 5.41) is 0. The van der Waals surface area contributed by atoms with Gasteiger partial charge in [-0.2, -0.15) is 0 Å². The Bertz CT molecular complexity index is 433. The first-order valence-corrected chi connectivity index (χ1v) is 6.53. The Labute approximate surface area is 96.7 Å². The Hall–Kier alpha value is -0.870. The van der Waals surface area contributed by atoms with Crippen LogP contribution in [0.4, 0.5) is 0 Å². The third-order valence-electron chi connectivity index (χ3n) is 1.98. The van der Waals surface area contributed by atoms with Gasteiger partial charge in [0.05, 0.1) is 10.2 Å². The zero-order valence-corrected chi connectivity index (χ0v) is 9.98. The molecule has 0 saturated carbocycles. The SMILES string of the molecule is CC(C=O)CSc1nc2ccccc2s1. The van der Waals surface area contributed by atoms with Crippen LogP contribution >= 0.6 is 23.1 Å². The zero-order chi connectivity index (χ0) is 10.7. The van der Waals surface area contributed by atoms with Crippen LogP contribution in [0.2, 0.25) is 0 Å². The molecule has 15 heavy (non-hydrogen) atoms. The monoisotopic (exact) mass is 237 g/mol. The molecule has 2 rings (SSSR count). The van der Waals surface area contributed by atoms with Gasteiger partial charge in [0.2, 0.25) is 0 Å². The van der Waals surface area contributed by atoms with E-state index in [9.17, 15) is 4.79 Å². The molecular formula is C11H11NOS2. The van der Waals surface area contributed by atoms with E-state index in [-0.39, 0.29) is 5.92 Å². The van der Waals surface area contributed by atoms with Crippen LogP contribution in [0.1, 0.15) is 6.92 Å². The highest BCUT2D eigenvalue weighted by Crippen LogP contribution is 2.29. The van der Waals surface area contributed by atoms with E-state index in [2.05, 4.69) is 11.1 Å². The first-order chi connectivity index (χ1) is 7.29. The van der Waals surface area contributed by atoms with E-state index < -0.39 is 0 Å². The van der Waals surface area contributed by atoms with Crippen molar-refractivity contribution in [1.29, 1.82) is 0 Å². The van der Waals surface area contributed by atoms with Crippen molar-refractivity contribution < 1.29 is 4.79 Å². The highest BCUT2D eigenvalue weighted by Gasteiger charge is 2.06. The predicted octanol–water partition coefficient (Wildman–Crippen LogP) is 3.22. The fourth-order valence-electron chi connectivity index (χ4n) is 1.15. The lowest BCUT2D eigenvalue weighted by Gasteiger charge is -1.98. The molecule has 4 heteroatoms. The molecular weight excluding hydrogens is 226 g/mol. The summed E-state index contributed by atoms with van der Waals surface area (Å²) in [6, 6.07) is 8.09. The van der Waals surface area contributed by atoms with Crippen molar-refractivity contribution in [3.8, 4) is 0 Å². The largest absolute Gasteiger partial charge is 0.303 e. The van der Waals surface area contributed by atoms with Gasteiger partial charge in [0.15, 0.2) is 4.34 Å². The topological polar surface area (TPSA) is 30.0 Å². The molecule has 2 nitrogen and oxygen atoms in total. The number of benzene rings is 1. The minimum atomic E-state index is 0.0991. The normalized spacial score (nSPS) is 12.9. The van der Waals surface area contributed by atoms with E-state index in [1.165, 1.54) is 4.70 Å². The summed E-state index contributed by atoms with van der Waals surface area (Å²) in [5.41, 5.74) is 1.05. The maximum Gasteiger partial charge on any atom is 0.151 e. The van der Waals surface area contributed by atoms with Crippen LogP contribution in [0.25, 0.3) is 10.2 Å². The van der Waals surface area contributed by atoms with E-state index in [0.717, 1.165) is 21.9 Å². The summed E-state index contributed by atoms with van der Waals surface area (Å²) in [6.45, 7) is 1.92. The lowest BCUT2D eigenvalue weighted by Crippen LogP contribution is -1.97. The number of aromatic nitrogens is 1. The third kappa shape index (κ3) is 2.58. The molecule has 2 aromatic rings. The molecule has 1 heterocycles. The molecule has 0 amide bonds. The number of thioether (sulfide) groups is 1. The standard InChI is InChI=1S/C11H11NOS2/c1-8(6-13)7-14-11-12-9-4-2-3-5-10(9)15-11/h2-6,8H,7H2,1H3. The van der Waals surface area contributed by atoms with Crippen LogP contribution in [0.5, 0.6) is 0 Å². The molecule has 0 aliphatic heterocycles. The minimum absolute atomic E-state index is 0.0991. The highest BCUT2D eigenvalue weighted by molar-refractivity contribution is 8.01. The zero-order valence-electron chi connectivity index (χ0n) is 8.34. The van der Waals surface area contributed by atoms with Crippen molar-refractivity contribution in [2.75, 3.05) is 5.75 Å². The molecule has 0 saturated heterocycles. The molecule has 0 aliphatic carbocycles. The summed E-state index contributed by atoms with van der Waals surface area (Å²) >= 11 is 3.34. The Morgan fingerprint density at radius 3 is 3.07 bits per heavy atom. The Balaban J connectivity index is 2.12. The van der Waals surface area contributed by atoms with Gasteiger partial charge in [-0.05, 0) is 12.1 Å². The van der Waals surface area contributed by atoms with Crippen molar-refractivity contribution in [3.05, 3.63) is 24.3 Å². The van der Waals surface area contributed by atoms with Crippen LogP contribution in [-0.4, -0.2) is 17.0 Å². The van der Waals surface area contributed by atoms with E-state index in [1.54, 1.807) is 23.1 Å². The molecule has 1 unspecified atom stereocenters. The number of carbonyl (C=O) groups is 1. The van der Waals surface area contributed by atoms with Crippen molar-refractivity contribution in [2.45, 2.75) is 11.3 Å². The second kappa shape index (κ2) is 4.77. The Morgan fingerprint density at radius 2 is 2.33 bits per heavy atom. The number of carbonyl (C=O) groups excluding carboxylic acids is 1. The molecule has 78 valence electrons. The van der Waals surface area contributed by atoms with Crippen LogP contribution in [-0.2, 0) is 4.79 Å². The number of para-hydroxylation sites is 1. The summed E-state index contributed by atoms with van der Waals surface area (Å²) in [5.74, 6) is 0.908. The van der Waals surface area contributed by atoms with Gasteiger partial charge in [-0.3, -0.25) is 0 Å². The summed E-state index contributed by atoms with van der Waals surface area (Å²) in [7, 11) is 0. The molecule has 0 spiro atoms. The second-order valence-corrected chi connectivity index (χ2v) is 5.67. The van der Waals surface area contributed by atoms with Gasteiger partial charge in [0, 0.05) is 11.7 Å². The van der Waals surface area contributed by atoms with E-state index in [4.69, 9.17) is 0 Å². The molecule has 0 radical (unpaired) electrons. The van der Waals surface area contributed by atoms with Crippen LogP contribution in [0, 0.1) is 5.92 Å². The van der Waals surface area contributed by atoms with Crippen molar-refractivity contribution in [3.63, 3.8) is 0 Å². The average molecular weight is 237 g/mol. The van der Waals surface area contributed by atoms with Crippen molar-refractivity contribution in [2.24, 2.45) is 5.92 Å². The van der Waals surface area contributed by atoms with Gasteiger partial charge in [-0.1, -0.05) is 30.8 Å². The Kier molecular flexibility index (Phi) is 3.38. The molecule has 1 atom stereocenters. The number of hydrogen-bond acceptors (Lipinski definition) is 4. The van der Waals surface area contributed by atoms with E-state index >= 15 is 0 Å². The van der Waals surface area contributed by atoms with Crippen LogP contribution in [0.3, 0.4) is 0 Å². The predicted molar refractivity (Wildman–Crippen MR) is 65.6 cm³/mol. The van der Waals surface area contributed by atoms with Crippen molar-refractivity contribution >= 4 is 39.6 Å².